The lowest BCUT2D eigenvalue weighted by molar-refractivity contribution is -0.112. The van der Waals surface area contributed by atoms with Crippen LogP contribution in [0.3, 0.4) is 0 Å². The third-order valence-electron chi connectivity index (χ3n) is 3.87. The maximum atomic E-state index is 12.3. The van der Waals surface area contributed by atoms with Gasteiger partial charge in [0, 0.05) is 17.1 Å². The first-order valence-corrected chi connectivity index (χ1v) is 8.25. The number of benzene rings is 2. The van der Waals surface area contributed by atoms with Crippen molar-refractivity contribution in [1.29, 1.82) is 5.26 Å². The molecule has 2 aromatic carbocycles. The first-order valence-electron chi connectivity index (χ1n) is 7.87. The van der Waals surface area contributed by atoms with E-state index in [9.17, 15) is 10.1 Å². The Balaban J connectivity index is 1.80. The van der Waals surface area contributed by atoms with Crippen molar-refractivity contribution in [3.05, 3.63) is 64.2 Å². The lowest BCUT2D eigenvalue weighted by Gasteiger charge is -2.16. The number of anilines is 1. The molecule has 0 bridgehead atoms. The van der Waals surface area contributed by atoms with Crippen LogP contribution in [-0.2, 0) is 11.2 Å². The summed E-state index contributed by atoms with van der Waals surface area (Å²) in [6.45, 7) is 4.06. The van der Waals surface area contributed by atoms with Gasteiger partial charge in [-0.2, -0.15) is 5.26 Å². The fraction of sp³-hybridized carbons (Fsp3) is 0.200. The van der Waals surface area contributed by atoms with Crippen LogP contribution in [0.5, 0.6) is 5.75 Å². The van der Waals surface area contributed by atoms with Gasteiger partial charge in [-0.25, -0.2) is 0 Å². The minimum atomic E-state index is -0.457. The van der Waals surface area contributed by atoms with Gasteiger partial charge in [0.2, 0.25) is 0 Å². The summed E-state index contributed by atoms with van der Waals surface area (Å²) in [7, 11) is 0. The number of carbonyl (C=O) groups excluding carboxylic acids is 1. The normalized spacial score (nSPS) is 15.0. The van der Waals surface area contributed by atoms with E-state index in [0.717, 1.165) is 23.3 Å². The van der Waals surface area contributed by atoms with E-state index < -0.39 is 5.91 Å². The summed E-state index contributed by atoms with van der Waals surface area (Å²) in [6, 6.07) is 14.4. The van der Waals surface area contributed by atoms with E-state index in [-0.39, 0.29) is 11.2 Å². The first kappa shape index (κ1) is 17.1. The highest BCUT2D eigenvalue weighted by Crippen LogP contribution is 2.35. The van der Waals surface area contributed by atoms with Gasteiger partial charge in [0.1, 0.15) is 23.0 Å². The number of ether oxygens (including phenoxy) is 1. The second-order valence-corrected chi connectivity index (χ2v) is 6.97. The second kappa shape index (κ2) is 6.62. The Labute approximate surface area is 151 Å². The van der Waals surface area contributed by atoms with Crippen LogP contribution in [0.2, 0.25) is 5.02 Å². The number of hydrogen-bond acceptors (Lipinski definition) is 3. The molecule has 1 N–H and O–H groups in total. The highest BCUT2D eigenvalue weighted by Gasteiger charge is 2.29. The summed E-state index contributed by atoms with van der Waals surface area (Å²) >= 11 is 5.83. The average Bonchev–Trinajstić information content (AvgIpc) is 2.87. The number of carbonyl (C=O) groups is 1. The van der Waals surface area contributed by atoms with E-state index >= 15 is 0 Å². The lowest BCUT2D eigenvalue weighted by Crippen LogP contribution is -2.24. The third kappa shape index (κ3) is 4.01. The van der Waals surface area contributed by atoms with Crippen molar-refractivity contribution in [2.45, 2.75) is 25.9 Å². The van der Waals surface area contributed by atoms with E-state index in [1.165, 1.54) is 0 Å². The highest BCUT2D eigenvalue weighted by atomic mass is 35.5. The Morgan fingerprint density at radius 2 is 2.00 bits per heavy atom. The quantitative estimate of drug-likeness (QED) is 0.648. The van der Waals surface area contributed by atoms with Crippen molar-refractivity contribution in [2.24, 2.45) is 0 Å². The van der Waals surface area contributed by atoms with Crippen LogP contribution in [-0.4, -0.2) is 11.5 Å². The minimum Gasteiger partial charge on any atom is -0.487 e. The summed E-state index contributed by atoms with van der Waals surface area (Å²) in [6.07, 6.45) is 2.37. The SMILES string of the molecule is CC1(C)Cc2cc(/C=C(/C#N)C(=O)Nc3ccc(Cl)cc3)ccc2O1. The van der Waals surface area contributed by atoms with E-state index in [1.807, 2.05) is 38.1 Å². The number of halogens is 1. The first-order chi connectivity index (χ1) is 11.9. The number of hydrogen-bond donors (Lipinski definition) is 1. The predicted octanol–water partition coefficient (Wildman–Crippen LogP) is 4.60. The molecule has 0 fully saturated rings. The van der Waals surface area contributed by atoms with Crippen LogP contribution in [0, 0.1) is 11.3 Å². The van der Waals surface area contributed by atoms with E-state index in [1.54, 1.807) is 30.3 Å². The van der Waals surface area contributed by atoms with Gasteiger partial charge in [0.25, 0.3) is 5.91 Å². The number of fused-ring (bicyclic) bond motifs is 1. The van der Waals surface area contributed by atoms with E-state index in [2.05, 4.69) is 5.32 Å². The van der Waals surface area contributed by atoms with Gasteiger partial charge in [0.15, 0.2) is 0 Å². The molecule has 126 valence electrons. The number of nitrogens with zero attached hydrogens (tertiary/aromatic N) is 1. The van der Waals surface area contributed by atoms with Crippen molar-refractivity contribution >= 4 is 29.3 Å². The number of rotatable bonds is 3. The Hall–Kier alpha value is -2.77. The molecule has 0 atom stereocenters. The predicted molar refractivity (Wildman–Crippen MR) is 98.5 cm³/mol. The van der Waals surface area contributed by atoms with Crippen molar-refractivity contribution in [1.82, 2.24) is 0 Å². The standard InChI is InChI=1S/C20H17ClN2O2/c1-20(2)11-14-9-13(3-8-18(14)25-20)10-15(12-22)19(24)23-17-6-4-16(21)5-7-17/h3-10H,11H2,1-2H3,(H,23,24)/b15-10-. The van der Waals surface area contributed by atoms with Crippen LogP contribution in [0.15, 0.2) is 48.0 Å². The van der Waals surface area contributed by atoms with Gasteiger partial charge < -0.3 is 10.1 Å². The van der Waals surface area contributed by atoms with Gasteiger partial charge in [-0.1, -0.05) is 17.7 Å². The Kier molecular flexibility index (Phi) is 4.52. The lowest BCUT2D eigenvalue weighted by atomic mass is 9.99. The largest absolute Gasteiger partial charge is 0.487 e. The zero-order valence-corrected chi connectivity index (χ0v) is 14.7. The molecule has 0 aliphatic carbocycles. The maximum Gasteiger partial charge on any atom is 0.266 e. The van der Waals surface area contributed by atoms with Crippen LogP contribution in [0.4, 0.5) is 5.69 Å². The minimum absolute atomic E-state index is 0.0353. The van der Waals surface area contributed by atoms with Crippen molar-refractivity contribution < 1.29 is 9.53 Å². The van der Waals surface area contributed by atoms with Crippen molar-refractivity contribution in [2.75, 3.05) is 5.32 Å². The molecule has 5 heteroatoms. The zero-order valence-electron chi connectivity index (χ0n) is 14.0. The Bertz CT molecular complexity index is 893. The van der Waals surface area contributed by atoms with Crippen LogP contribution >= 0.6 is 11.6 Å². The Morgan fingerprint density at radius 1 is 1.28 bits per heavy atom. The molecule has 4 nitrogen and oxygen atoms in total. The summed E-state index contributed by atoms with van der Waals surface area (Å²) in [5, 5.41) is 12.6. The van der Waals surface area contributed by atoms with Gasteiger partial charge in [-0.05, 0) is 67.4 Å². The van der Waals surface area contributed by atoms with Crippen LogP contribution in [0.1, 0.15) is 25.0 Å². The molecule has 3 rings (SSSR count). The topological polar surface area (TPSA) is 62.1 Å². The van der Waals surface area contributed by atoms with Crippen LogP contribution < -0.4 is 10.1 Å². The number of amides is 1. The van der Waals surface area contributed by atoms with Gasteiger partial charge in [0.05, 0.1) is 0 Å². The summed E-state index contributed by atoms with van der Waals surface area (Å²) in [5.74, 6) is 0.396. The molecule has 0 saturated heterocycles. The highest BCUT2D eigenvalue weighted by molar-refractivity contribution is 6.30. The van der Waals surface area contributed by atoms with E-state index in [4.69, 9.17) is 16.3 Å². The summed E-state index contributed by atoms with van der Waals surface area (Å²) < 4.78 is 5.84. The molecule has 0 aromatic heterocycles. The van der Waals surface area contributed by atoms with Gasteiger partial charge in [-0.3, -0.25) is 4.79 Å². The molecular weight excluding hydrogens is 336 g/mol. The van der Waals surface area contributed by atoms with Crippen molar-refractivity contribution in [3.8, 4) is 11.8 Å². The van der Waals surface area contributed by atoms with Gasteiger partial charge in [-0.15, -0.1) is 0 Å². The fourth-order valence-corrected chi connectivity index (χ4v) is 2.89. The smallest absolute Gasteiger partial charge is 0.266 e. The Morgan fingerprint density at radius 3 is 2.68 bits per heavy atom. The average molecular weight is 353 g/mol. The molecule has 2 aromatic rings. The maximum absolute atomic E-state index is 12.3. The monoisotopic (exact) mass is 352 g/mol. The molecule has 1 aliphatic heterocycles. The summed E-state index contributed by atoms with van der Waals surface area (Å²) in [4.78, 5) is 12.3. The fourth-order valence-electron chi connectivity index (χ4n) is 2.77. The molecule has 0 unspecified atom stereocenters. The molecular formula is C20H17ClN2O2. The molecule has 1 amide bonds. The second-order valence-electron chi connectivity index (χ2n) is 6.54. The molecule has 0 radical (unpaired) electrons. The molecule has 0 saturated carbocycles. The number of nitriles is 1. The molecule has 25 heavy (non-hydrogen) atoms. The van der Waals surface area contributed by atoms with Crippen LogP contribution in [0.25, 0.3) is 6.08 Å². The zero-order chi connectivity index (χ0) is 18.0. The van der Waals surface area contributed by atoms with E-state index in [0.29, 0.717) is 10.7 Å². The van der Waals surface area contributed by atoms with Gasteiger partial charge >= 0.3 is 0 Å². The number of nitrogens with one attached hydrogen (secondary N) is 1. The summed E-state index contributed by atoms with van der Waals surface area (Å²) in [5.41, 5.74) is 2.26. The third-order valence-corrected chi connectivity index (χ3v) is 4.12. The molecule has 1 aliphatic rings. The molecule has 0 spiro atoms. The molecule has 1 heterocycles. The van der Waals surface area contributed by atoms with Crippen molar-refractivity contribution in [3.63, 3.8) is 0 Å².